The van der Waals surface area contributed by atoms with Gasteiger partial charge in [0.05, 0.1) is 0 Å². The van der Waals surface area contributed by atoms with Gasteiger partial charge in [-0.15, -0.1) is 0 Å². The second-order valence-electron chi connectivity index (χ2n) is 5.74. The van der Waals surface area contributed by atoms with Crippen LogP contribution in [0.1, 0.15) is 23.1 Å². The van der Waals surface area contributed by atoms with Crippen molar-refractivity contribution in [1.82, 2.24) is 10.2 Å². The molecule has 0 aliphatic carbocycles. The van der Waals surface area contributed by atoms with Gasteiger partial charge in [0.25, 0.3) is 0 Å². The maximum atomic E-state index is 12.6. The molecule has 2 aliphatic heterocycles. The number of benzene rings is 1. The maximum Gasteiger partial charge on any atom is 0.412 e. The van der Waals surface area contributed by atoms with Crippen LogP contribution in [-0.4, -0.2) is 30.7 Å². The largest absolute Gasteiger partial charge is 0.412 e. The molecule has 0 fully saturated rings. The summed E-state index contributed by atoms with van der Waals surface area (Å²) in [6.07, 6.45) is -1.69. The third kappa shape index (κ3) is 3.47. The van der Waals surface area contributed by atoms with Crippen molar-refractivity contribution in [1.29, 1.82) is 0 Å². The van der Waals surface area contributed by atoms with E-state index in [-0.39, 0.29) is 12.0 Å². The fourth-order valence-corrected chi connectivity index (χ4v) is 3.00. The minimum Gasteiger partial charge on any atom is -0.312 e. The van der Waals surface area contributed by atoms with Gasteiger partial charge < -0.3 is 5.32 Å². The first kappa shape index (κ1) is 14.6. The van der Waals surface area contributed by atoms with E-state index in [4.69, 9.17) is 0 Å². The van der Waals surface area contributed by atoms with Crippen LogP contribution in [0.4, 0.5) is 13.2 Å². The van der Waals surface area contributed by atoms with Crippen LogP contribution in [0, 0.1) is 0 Å². The van der Waals surface area contributed by atoms with Crippen LogP contribution >= 0.6 is 0 Å². The number of nitrogens with one attached hydrogen (secondary N) is 1. The first-order valence-corrected chi connectivity index (χ1v) is 7.32. The Morgan fingerprint density at radius 3 is 2.71 bits per heavy atom. The minimum atomic E-state index is -4.16. The molecule has 0 atom stereocenters. The fourth-order valence-electron chi connectivity index (χ4n) is 3.00. The molecule has 3 rings (SSSR count). The SMILES string of the molecule is FC(F)(F)C1=CCN(Cc2ccc3c(c2)CNCC3)CC1. The van der Waals surface area contributed by atoms with E-state index in [1.165, 1.54) is 22.8 Å². The molecule has 0 saturated carbocycles. The van der Waals surface area contributed by atoms with Crippen molar-refractivity contribution < 1.29 is 13.2 Å². The Balaban J connectivity index is 1.64. The van der Waals surface area contributed by atoms with Crippen LogP contribution in [0.15, 0.2) is 29.8 Å². The van der Waals surface area contributed by atoms with Gasteiger partial charge in [-0.05, 0) is 36.1 Å². The summed E-state index contributed by atoms with van der Waals surface area (Å²) >= 11 is 0. The average molecular weight is 296 g/mol. The molecule has 5 heteroatoms. The molecule has 2 nitrogen and oxygen atoms in total. The summed E-state index contributed by atoms with van der Waals surface area (Å²) in [5.41, 5.74) is 3.51. The molecule has 1 aromatic carbocycles. The second-order valence-corrected chi connectivity index (χ2v) is 5.74. The Labute approximate surface area is 122 Å². The lowest BCUT2D eigenvalue weighted by atomic mass is 9.98. The van der Waals surface area contributed by atoms with E-state index < -0.39 is 6.18 Å². The van der Waals surface area contributed by atoms with Gasteiger partial charge in [0, 0.05) is 31.8 Å². The van der Waals surface area contributed by atoms with E-state index in [0.29, 0.717) is 13.1 Å². The standard InChI is InChI=1S/C16H19F3N2/c17-16(18,19)15-4-7-21(8-5-15)11-12-1-2-13-3-6-20-10-14(13)9-12/h1-2,4,9,20H,3,5-8,10-11H2. The summed E-state index contributed by atoms with van der Waals surface area (Å²) in [5.74, 6) is 0. The Kier molecular flexibility index (Phi) is 4.04. The number of rotatable bonds is 2. The van der Waals surface area contributed by atoms with Crippen LogP contribution in [-0.2, 0) is 19.5 Å². The summed E-state index contributed by atoms with van der Waals surface area (Å²) in [6, 6.07) is 6.45. The quantitative estimate of drug-likeness (QED) is 0.844. The monoisotopic (exact) mass is 296 g/mol. The van der Waals surface area contributed by atoms with Crippen LogP contribution in [0.25, 0.3) is 0 Å². The fraction of sp³-hybridized carbons (Fsp3) is 0.500. The van der Waals surface area contributed by atoms with Crippen molar-refractivity contribution in [2.45, 2.75) is 32.1 Å². The van der Waals surface area contributed by atoms with E-state index in [9.17, 15) is 13.2 Å². The third-order valence-corrected chi connectivity index (χ3v) is 4.22. The van der Waals surface area contributed by atoms with Crippen molar-refractivity contribution in [2.24, 2.45) is 0 Å². The summed E-state index contributed by atoms with van der Waals surface area (Å²) in [4.78, 5) is 2.06. The normalized spacial score (nSPS) is 20.0. The van der Waals surface area contributed by atoms with E-state index in [1.807, 2.05) is 0 Å². The maximum absolute atomic E-state index is 12.6. The number of hydrogen-bond donors (Lipinski definition) is 1. The average Bonchev–Trinajstić information content (AvgIpc) is 2.47. The lowest BCUT2D eigenvalue weighted by molar-refractivity contribution is -0.0960. The summed E-state index contributed by atoms with van der Waals surface area (Å²) in [6.45, 7) is 3.48. The third-order valence-electron chi connectivity index (χ3n) is 4.22. The zero-order chi connectivity index (χ0) is 14.9. The minimum absolute atomic E-state index is 0.0933. The van der Waals surface area contributed by atoms with Gasteiger partial charge >= 0.3 is 6.18 Å². The summed E-state index contributed by atoms with van der Waals surface area (Å²) in [7, 11) is 0. The highest BCUT2D eigenvalue weighted by Crippen LogP contribution is 2.30. The zero-order valence-electron chi connectivity index (χ0n) is 11.8. The highest BCUT2D eigenvalue weighted by Gasteiger charge is 2.34. The van der Waals surface area contributed by atoms with Crippen molar-refractivity contribution in [2.75, 3.05) is 19.6 Å². The molecule has 0 unspecified atom stereocenters. The number of alkyl halides is 3. The Morgan fingerprint density at radius 1 is 1.14 bits per heavy atom. The Hall–Kier alpha value is -1.33. The molecule has 21 heavy (non-hydrogen) atoms. The molecular formula is C16H19F3N2. The molecule has 1 N–H and O–H groups in total. The molecule has 1 aromatic rings. The van der Waals surface area contributed by atoms with E-state index in [1.54, 1.807) is 0 Å². The Bertz CT molecular complexity index is 549. The van der Waals surface area contributed by atoms with E-state index >= 15 is 0 Å². The van der Waals surface area contributed by atoms with E-state index in [0.717, 1.165) is 26.1 Å². The van der Waals surface area contributed by atoms with Crippen LogP contribution in [0.2, 0.25) is 0 Å². The van der Waals surface area contributed by atoms with Gasteiger partial charge in [0.2, 0.25) is 0 Å². The summed E-state index contributed by atoms with van der Waals surface area (Å²) in [5, 5.41) is 3.35. The predicted octanol–water partition coefficient (Wildman–Crippen LogP) is 3.03. The topological polar surface area (TPSA) is 15.3 Å². The van der Waals surface area contributed by atoms with E-state index in [2.05, 4.69) is 28.4 Å². The highest BCUT2D eigenvalue weighted by molar-refractivity contribution is 5.33. The smallest absolute Gasteiger partial charge is 0.312 e. The number of nitrogens with zero attached hydrogens (tertiary/aromatic N) is 1. The van der Waals surface area contributed by atoms with Crippen LogP contribution < -0.4 is 5.32 Å². The molecule has 0 saturated heterocycles. The molecule has 0 amide bonds. The second kappa shape index (κ2) is 5.81. The zero-order valence-corrected chi connectivity index (χ0v) is 11.8. The lowest BCUT2D eigenvalue weighted by Crippen LogP contribution is -2.31. The number of hydrogen-bond acceptors (Lipinski definition) is 2. The number of halogens is 3. The summed E-state index contributed by atoms with van der Waals surface area (Å²) < 4.78 is 37.8. The first-order valence-electron chi connectivity index (χ1n) is 7.32. The van der Waals surface area contributed by atoms with Gasteiger partial charge in [-0.1, -0.05) is 24.3 Å². The van der Waals surface area contributed by atoms with Crippen LogP contribution in [0.3, 0.4) is 0 Å². The van der Waals surface area contributed by atoms with Gasteiger partial charge in [-0.3, -0.25) is 4.90 Å². The molecule has 0 bridgehead atoms. The van der Waals surface area contributed by atoms with Crippen molar-refractivity contribution in [3.8, 4) is 0 Å². The van der Waals surface area contributed by atoms with Gasteiger partial charge in [-0.25, -0.2) is 0 Å². The highest BCUT2D eigenvalue weighted by atomic mass is 19.4. The molecule has 2 heterocycles. The van der Waals surface area contributed by atoms with Gasteiger partial charge in [0.1, 0.15) is 0 Å². The lowest BCUT2D eigenvalue weighted by Gasteiger charge is -2.27. The molecular weight excluding hydrogens is 277 g/mol. The van der Waals surface area contributed by atoms with Crippen molar-refractivity contribution in [3.05, 3.63) is 46.5 Å². The van der Waals surface area contributed by atoms with Crippen molar-refractivity contribution >= 4 is 0 Å². The molecule has 114 valence electrons. The molecule has 0 spiro atoms. The van der Waals surface area contributed by atoms with Gasteiger partial charge in [0.15, 0.2) is 0 Å². The van der Waals surface area contributed by atoms with Crippen LogP contribution in [0.5, 0.6) is 0 Å². The molecule has 0 radical (unpaired) electrons. The Morgan fingerprint density at radius 2 is 2.00 bits per heavy atom. The molecule has 0 aromatic heterocycles. The van der Waals surface area contributed by atoms with Crippen molar-refractivity contribution in [3.63, 3.8) is 0 Å². The number of fused-ring (bicyclic) bond motifs is 1. The molecule has 2 aliphatic rings. The first-order chi connectivity index (χ1) is 10.0. The van der Waals surface area contributed by atoms with Gasteiger partial charge in [-0.2, -0.15) is 13.2 Å². The predicted molar refractivity (Wildman–Crippen MR) is 75.9 cm³/mol.